The van der Waals surface area contributed by atoms with E-state index < -0.39 is 35.1 Å². The van der Waals surface area contributed by atoms with E-state index >= 15 is 0 Å². The number of ether oxygens (including phenoxy) is 2. The summed E-state index contributed by atoms with van der Waals surface area (Å²) < 4.78 is 10.6. The molecule has 0 saturated carbocycles. The minimum atomic E-state index is -1.19. The standard InChI is InChI=1S/C31H41NO7/c1-30(2,3)38-27(34)18-17-25(29(36)37)32-26(33)19-23-13-9-21(10-14-23)7-8-22-11-15-24(16-12-22)20-28(35)39-31(4,5)6/h9-16,25H,7-8,17-20H2,1-6H3,(H,32,33)(H,36,37). The van der Waals surface area contributed by atoms with Gasteiger partial charge >= 0.3 is 17.9 Å². The van der Waals surface area contributed by atoms with Gasteiger partial charge in [-0.05, 0) is 83.1 Å². The fraction of sp³-hybridized carbons (Fsp3) is 0.484. The first-order chi connectivity index (χ1) is 18.1. The van der Waals surface area contributed by atoms with Gasteiger partial charge in [0.05, 0.1) is 12.8 Å². The lowest BCUT2D eigenvalue weighted by molar-refractivity contribution is -0.156. The third-order valence-corrected chi connectivity index (χ3v) is 5.57. The summed E-state index contributed by atoms with van der Waals surface area (Å²) in [7, 11) is 0. The minimum Gasteiger partial charge on any atom is -0.480 e. The largest absolute Gasteiger partial charge is 0.480 e. The summed E-state index contributed by atoms with van der Waals surface area (Å²) in [5, 5.41) is 11.9. The number of aryl methyl sites for hydroxylation is 2. The normalized spacial score (nSPS) is 12.4. The first-order valence-corrected chi connectivity index (χ1v) is 13.2. The van der Waals surface area contributed by atoms with Gasteiger partial charge in [0.25, 0.3) is 0 Å². The van der Waals surface area contributed by atoms with Crippen LogP contribution in [0, 0.1) is 0 Å². The summed E-state index contributed by atoms with van der Waals surface area (Å²) in [6.07, 6.45) is 1.76. The monoisotopic (exact) mass is 539 g/mol. The second kappa shape index (κ2) is 13.9. The Kier molecular flexibility index (Phi) is 11.3. The van der Waals surface area contributed by atoms with Gasteiger partial charge < -0.3 is 19.9 Å². The lowest BCUT2D eigenvalue weighted by Crippen LogP contribution is -2.42. The number of carbonyl (C=O) groups is 4. The first-order valence-electron chi connectivity index (χ1n) is 13.2. The second-order valence-electron chi connectivity index (χ2n) is 11.7. The molecule has 0 aromatic heterocycles. The van der Waals surface area contributed by atoms with Gasteiger partial charge in [0.2, 0.25) is 5.91 Å². The molecular weight excluding hydrogens is 498 g/mol. The van der Waals surface area contributed by atoms with Crippen molar-refractivity contribution in [3.05, 3.63) is 70.8 Å². The maximum Gasteiger partial charge on any atom is 0.326 e. The van der Waals surface area contributed by atoms with Gasteiger partial charge in [0, 0.05) is 6.42 Å². The fourth-order valence-electron chi connectivity index (χ4n) is 3.82. The molecule has 0 bridgehead atoms. The van der Waals surface area contributed by atoms with Crippen LogP contribution in [0.5, 0.6) is 0 Å². The van der Waals surface area contributed by atoms with Gasteiger partial charge in [0.15, 0.2) is 0 Å². The Balaban J connectivity index is 1.81. The molecule has 2 N–H and O–H groups in total. The highest BCUT2D eigenvalue weighted by Crippen LogP contribution is 2.14. The van der Waals surface area contributed by atoms with Crippen molar-refractivity contribution in [1.29, 1.82) is 0 Å². The molecular formula is C31H41NO7. The number of amides is 1. The number of nitrogens with one attached hydrogen (secondary N) is 1. The number of aliphatic carboxylic acids is 1. The van der Waals surface area contributed by atoms with Crippen LogP contribution in [0.4, 0.5) is 0 Å². The molecule has 39 heavy (non-hydrogen) atoms. The molecule has 0 aliphatic heterocycles. The molecule has 212 valence electrons. The van der Waals surface area contributed by atoms with E-state index in [4.69, 9.17) is 9.47 Å². The zero-order valence-corrected chi connectivity index (χ0v) is 23.8. The lowest BCUT2D eigenvalue weighted by Gasteiger charge is -2.20. The molecule has 0 aliphatic rings. The van der Waals surface area contributed by atoms with Crippen molar-refractivity contribution in [2.75, 3.05) is 0 Å². The van der Waals surface area contributed by atoms with Crippen molar-refractivity contribution in [1.82, 2.24) is 5.32 Å². The van der Waals surface area contributed by atoms with E-state index in [9.17, 15) is 24.3 Å². The van der Waals surface area contributed by atoms with E-state index in [1.54, 1.807) is 20.8 Å². The number of hydrogen-bond donors (Lipinski definition) is 2. The molecule has 1 amide bonds. The summed E-state index contributed by atoms with van der Waals surface area (Å²) in [5.74, 6) is -2.37. The van der Waals surface area contributed by atoms with Gasteiger partial charge in [-0.15, -0.1) is 0 Å². The highest BCUT2D eigenvalue weighted by atomic mass is 16.6. The predicted octanol–water partition coefficient (Wildman–Crippen LogP) is 4.59. The summed E-state index contributed by atoms with van der Waals surface area (Å²) in [5.41, 5.74) is 2.78. The number of rotatable bonds is 12. The molecule has 2 aromatic rings. The maximum absolute atomic E-state index is 12.4. The van der Waals surface area contributed by atoms with Crippen LogP contribution in [0.1, 0.15) is 76.6 Å². The zero-order chi connectivity index (χ0) is 29.2. The Bertz CT molecular complexity index is 1120. The van der Waals surface area contributed by atoms with E-state index in [0.717, 1.165) is 35.1 Å². The Morgan fingerprint density at radius 2 is 1.10 bits per heavy atom. The first kappa shape index (κ1) is 31.5. The van der Waals surface area contributed by atoms with Crippen LogP contribution in [0.3, 0.4) is 0 Å². The molecule has 1 atom stereocenters. The molecule has 2 rings (SSSR count). The molecule has 0 saturated heterocycles. The van der Waals surface area contributed by atoms with E-state index in [2.05, 4.69) is 5.32 Å². The third-order valence-electron chi connectivity index (χ3n) is 5.57. The molecule has 2 aromatic carbocycles. The summed E-state index contributed by atoms with van der Waals surface area (Å²) in [6.45, 7) is 10.8. The van der Waals surface area contributed by atoms with Crippen molar-refractivity contribution < 1.29 is 33.8 Å². The highest BCUT2D eigenvalue weighted by molar-refractivity contribution is 5.85. The second-order valence-corrected chi connectivity index (χ2v) is 11.7. The molecule has 8 heteroatoms. The van der Waals surface area contributed by atoms with Crippen molar-refractivity contribution in [3.63, 3.8) is 0 Å². The predicted molar refractivity (Wildman–Crippen MR) is 148 cm³/mol. The van der Waals surface area contributed by atoms with Crippen molar-refractivity contribution >= 4 is 23.8 Å². The van der Waals surface area contributed by atoms with Crippen LogP contribution >= 0.6 is 0 Å². The topological polar surface area (TPSA) is 119 Å². The van der Waals surface area contributed by atoms with Gasteiger partial charge in [-0.1, -0.05) is 48.5 Å². The summed E-state index contributed by atoms with van der Waals surface area (Å²) in [6, 6.07) is 14.4. The Morgan fingerprint density at radius 1 is 0.692 bits per heavy atom. The molecule has 0 radical (unpaired) electrons. The lowest BCUT2D eigenvalue weighted by atomic mass is 10.0. The average molecular weight is 540 g/mol. The van der Waals surface area contributed by atoms with Gasteiger partial charge in [-0.2, -0.15) is 0 Å². The van der Waals surface area contributed by atoms with Crippen molar-refractivity contribution in [3.8, 4) is 0 Å². The van der Waals surface area contributed by atoms with E-state index in [1.807, 2.05) is 69.3 Å². The van der Waals surface area contributed by atoms with E-state index in [-0.39, 0.29) is 31.7 Å². The van der Waals surface area contributed by atoms with Gasteiger partial charge in [-0.25, -0.2) is 4.79 Å². The Labute approximate surface area is 231 Å². The third kappa shape index (κ3) is 13.1. The number of benzene rings is 2. The van der Waals surface area contributed by atoms with Crippen molar-refractivity contribution in [2.24, 2.45) is 0 Å². The van der Waals surface area contributed by atoms with Crippen LogP contribution in [0.2, 0.25) is 0 Å². The molecule has 0 aliphatic carbocycles. The van der Waals surface area contributed by atoms with Gasteiger partial charge in [0.1, 0.15) is 17.2 Å². The van der Waals surface area contributed by atoms with Crippen molar-refractivity contribution in [2.45, 2.75) is 97.3 Å². The fourth-order valence-corrected chi connectivity index (χ4v) is 3.82. The maximum atomic E-state index is 12.4. The molecule has 8 nitrogen and oxygen atoms in total. The number of carbonyl (C=O) groups excluding carboxylic acids is 3. The number of hydrogen-bond acceptors (Lipinski definition) is 6. The number of carboxylic acids is 1. The quantitative estimate of drug-likeness (QED) is 0.379. The average Bonchev–Trinajstić information content (AvgIpc) is 2.79. The van der Waals surface area contributed by atoms with Crippen LogP contribution in [0.25, 0.3) is 0 Å². The van der Waals surface area contributed by atoms with Gasteiger partial charge in [-0.3, -0.25) is 14.4 Å². The van der Waals surface area contributed by atoms with Crippen LogP contribution < -0.4 is 5.32 Å². The summed E-state index contributed by atoms with van der Waals surface area (Å²) in [4.78, 5) is 47.9. The Morgan fingerprint density at radius 3 is 1.54 bits per heavy atom. The van der Waals surface area contributed by atoms with Crippen LogP contribution in [-0.4, -0.2) is 46.2 Å². The minimum absolute atomic E-state index is 0.0373. The highest BCUT2D eigenvalue weighted by Gasteiger charge is 2.23. The zero-order valence-electron chi connectivity index (χ0n) is 23.8. The van der Waals surface area contributed by atoms with E-state index in [0.29, 0.717) is 0 Å². The molecule has 1 unspecified atom stereocenters. The molecule has 0 heterocycles. The molecule has 0 spiro atoms. The SMILES string of the molecule is CC(C)(C)OC(=O)CCC(NC(=O)Cc1ccc(CCc2ccc(CC(=O)OC(C)(C)C)cc2)cc1)C(=O)O. The van der Waals surface area contributed by atoms with Crippen LogP contribution in [0.15, 0.2) is 48.5 Å². The molecule has 0 fully saturated rings. The van der Waals surface area contributed by atoms with E-state index in [1.165, 1.54) is 0 Å². The Hall–Kier alpha value is -3.68. The number of carboxylic acid groups (broad SMARTS) is 1. The summed E-state index contributed by atoms with van der Waals surface area (Å²) >= 11 is 0. The number of esters is 2. The smallest absolute Gasteiger partial charge is 0.326 e. The van der Waals surface area contributed by atoms with Crippen LogP contribution in [-0.2, 0) is 54.3 Å².